The molecule has 0 spiro atoms. The van der Waals surface area contributed by atoms with Gasteiger partial charge in [0.05, 0.1) is 5.69 Å². The van der Waals surface area contributed by atoms with E-state index >= 15 is 0 Å². The van der Waals surface area contributed by atoms with Crippen molar-refractivity contribution in [1.82, 2.24) is 4.98 Å². The smallest absolute Gasteiger partial charge is 0.0629 e. The molecule has 0 atom stereocenters. The normalized spacial score (nSPS) is 12.0. The fourth-order valence-electron chi connectivity index (χ4n) is 2.21. The third kappa shape index (κ3) is 5.78. The Balaban J connectivity index is 2.12. The minimum absolute atomic E-state index is 1.01. The largest absolute Gasteiger partial charge is 0.257 e. The molecule has 0 radical (unpaired) electrons. The number of hydrogen-bond donors (Lipinski definition) is 0. The van der Waals surface area contributed by atoms with E-state index in [4.69, 9.17) is 0 Å². The maximum Gasteiger partial charge on any atom is 0.0629 e. The Hall–Kier alpha value is -2.15. The molecule has 0 aliphatic carbocycles. The number of allylic oxidation sites excluding steroid dienone is 2. The van der Waals surface area contributed by atoms with Gasteiger partial charge in [0.1, 0.15) is 0 Å². The first-order valence-electron chi connectivity index (χ1n) is 7.73. The molecule has 0 aliphatic rings. The second kappa shape index (κ2) is 8.91. The number of rotatable bonds is 7. The van der Waals surface area contributed by atoms with Gasteiger partial charge in [0.15, 0.2) is 0 Å². The van der Waals surface area contributed by atoms with Crippen LogP contribution in [0.2, 0.25) is 0 Å². The predicted molar refractivity (Wildman–Crippen MR) is 91.8 cm³/mol. The lowest BCUT2D eigenvalue weighted by molar-refractivity contribution is 0.721. The van der Waals surface area contributed by atoms with Crippen LogP contribution in [-0.4, -0.2) is 4.98 Å². The van der Waals surface area contributed by atoms with E-state index in [2.05, 4.69) is 60.5 Å². The van der Waals surface area contributed by atoms with Crippen molar-refractivity contribution in [2.45, 2.75) is 32.6 Å². The van der Waals surface area contributed by atoms with Gasteiger partial charge >= 0.3 is 0 Å². The SMILES string of the molecule is CCCCCC(/C=C\c1ccccn1)=C/c1ccccc1. The Morgan fingerprint density at radius 1 is 1.00 bits per heavy atom. The first-order chi connectivity index (χ1) is 10.4. The van der Waals surface area contributed by atoms with Crippen molar-refractivity contribution >= 4 is 12.2 Å². The zero-order chi connectivity index (χ0) is 14.8. The zero-order valence-corrected chi connectivity index (χ0v) is 12.7. The van der Waals surface area contributed by atoms with Gasteiger partial charge in [0, 0.05) is 6.20 Å². The van der Waals surface area contributed by atoms with E-state index < -0.39 is 0 Å². The molecule has 0 fully saturated rings. The molecule has 1 aromatic carbocycles. The number of benzene rings is 1. The van der Waals surface area contributed by atoms with Gasteiger partial charge in [-0.2, -0.15) is 0 Å². The van der Waals surface area contributed by atoms with Crippen molar-refractivity contribution in [2.75, 3.05) is 0 Å². The molecule has 0 unspecified atom stereocenters. The van der Waals surface area contributed by atoms with Crippen molar-refractivity contribution in [2.24, 2.45) is 0 Å². The number of nitrogens with zero attached hydrogens (tertiary/aromatic N) is 1. The van der Waals surface area contributed by atoms with Crippen molar-refractivity contribution in [3.05, 3.63) is 77.6 Å². The summed E-state index contributed by atoms with van der Waals surface area (Å²) in [6.07, 6.45) is 13.3. The van der Waals surface area contributed by atoms with Crippen LogP contribution in [-0.2, 0) is 0 Å². The Morgan fingerprint density at radius 3 is 2.52 bits per heavy atom. The highest BCUT2D eigenvalue weighted by Crippen LogP contribution is 2.16. The maximum atomic E-state index is 4.34. The van der Waals surface area contributed by atoms with E-state index in [1.165, 1.54) is 30.4 Å². The number of aromatic nitrogens is 1. The summed E-state index contributed by atoms with van der Waals surface area (Å²) in [5.74, 6) is 0. The van der Waals surface area contributed by atoms with Crippen LogP contribution in [0.3, 0.4) is 0 Å². The fraction of sp³-hybridized carbons (Fsp3) is 0.250. The van der Waals surface area contributed by atoms with Crippen LogP contribution in [0.15, 0.2) is 66.4 Å². The number of pyridine rings is 1. The Bertz CT molecular complexity index is 567. The van der Waals surface area contributed by atoms with Gasteiger partial charge < -0.3 is 0 Å². The van der Waals surface area contributed by atoms with E-state index in [1.807, 2.05) is 24.4 Å². The monoisotopic (exact) mass is 277 g/mol. The minimum Gasteiger partial charge on any atom is -0.257 e. The van der Waals surface area contributed by atoms with Crippen molar-refractivity contribution in [3.8, 4) is 0 Å². The fourth-order valence-corrected chi connectivity index (χ4v) is 2.21. The van der Waals surface area contributed by atoms with Crippen LogP contribution >= 0.6 is 0 Å². The van der Waals surface area contributed by atoms with Crippen LogP contribution in [0, 0.1) is 0 Å². The molecule has 1 heterocycles. The standard InChI is InChI=1S/C20H23N/c1-2-3-5-10-19(17-18-11-6-4-7-12-18)14-15-20-13-8-9-16-21-20/h4,6-9,11-17H,2-3,5,10H2,1H3/b15-14-,19-17-. The lowest BCUT2D eigenvalue weighted by Crippen LogP contribution is -1.83. The molecule has 108 valence electrons. The van der Waals surface area contributed by atoms with Gasteiger partial charge in [0.2, 0.25) is 0 Å². The highest BCUT2D eigenvalue weighted by Gasteiger charge is 1.96. The minimum atomic E-state index is 1.01. The molecular formula is C20H23N. The third-order valence-corrected chi connectivity index (χ3v) is 3.38. The van der Waals surface area contributed by atoms with Gasteiger partial charge in [-0.15, -0.1) is 0 Å². The zero-order valence-electron chi connectivity index (χ0n) is 12.7. The molecule has 0 N–H and O–H groups in total. The average Bonchev–Trinajstić information content (AvgIpc) is 2.54. The van der Waals surface area contributed by atoms with E-state index in [9.17, 15) is 0 Å². The Morgan fingerprint density at radius 2 is 1.81 bits per heavy atom. The predicted octanol–water partition coefficient (Wildman–Crippen LogP) is 5.76. The second-order valence-corrected chi connectivity index (χ2v) is 5.17. The summed E-state index contributed by atoms with van der Waals surface area (Å²) < 4.78 is 0. The second-order valence-electron chi connectivity index (χ2n) is 5.17. The van der Waals surface area contributed by atoms with Gasteiger partial charge in [-0.3, -0.25) is 4.98 Å². The Kier molecular flexibility index (Phi) is 6.47. The van der Waals surface area contributed by atoms with Gasteiger partial charge in [-0.25, -0.2) is 0 Å². The number of hydrogen-bond acceptors (Lipinski definition) is 1. The van der Waals surface area contributed by atoms with Crippen LogP contribution < -0.4 is 0 Å². The van der Waals surface area contributed by atoms with Crippen LogP contribution in [0.5, 0.6) is 0 Å². The molecule has 21 heavy (non-hydrogen) atoms. The Labute approximate surface area is 128 Å². The average molecular weight is 277 g/mol. The quantitative estimate of drug-likeness (QED) is 0.463. The van der Waals surface area contributed by atoms with Gasteiger partial charge in [-0.05, 0) is 42.2 Å². The summed E-state index contributed by atoms with van der Waals surface area (Å²) in [6.45, 7) is 2.24. The molecule has 1 heteroatoms. The molecule has 0 aliphatic heterocycles. The molecule has 1 nitrogen and oxygen atoms in total. The molecule has 0 saturated carbocycles. The van der Waals surface area contributed by atoms with E-state index in [1.54, 1.807) is 0 Å². The summed E-state index contributed by atoms with van der Waals surface area (Å²) in [4.78, 5) is 4.34. The lowest BCUT2D eigenvalue weighted by Gasteiger charge is -2.03. The first-order valence-corrected chi connectivity index (χ1v) is 7.73. The lowest BCUT2D eigenvalue weighted by atomic mass is 10.0. The summed E-state index contributed by atoms with van der Waals surface area (Å²) in [5, 5.41) is 0. The first kappa shape index (κ1) is 15.2. The van der Waals surface area contributed by atoms with Crippen LogP contribution in [0.25, 0.3) is 12.2 Å². The highest BCUT2D eigenvalue weighted by molar-refractivity contribution is 5.60. The summed E-state index contributed by atoms with van der Waals surface area (Å²) in [6, 6.07) is 16.5. The van der Waals surface area contributed by atoms with Crippen molar-refractivity contribution in [3.63, 3.8) is 0 Å². The molecule has 0 bridgehead atoms. The summed E-state index contributed by atoms with van der Waals surface area (Å²) in [5.41, 5.74) is 3.63. The highest BCUT2D eigenvalue weighted by atomic mass is 14.6. The van der Waals surface area contributed by atoms with Crippen molar-refractivity contribution in [1.29, 1.82) is 0 Å². The molecule has 1 aromatic heterocycles. The van der Waals surface area contributed by atoms with E-state index in [0.717, 1.165) is 12.1 Å². The molecular weight excluding hydrogens is 254 g/mol. The third-order valence-electron chi connectivity index (χ3n) is 3.38. The topological polar surface area (TPSA) is 12.9 Å². The number of unbranched alkanes of at least 4 members (excludes halogenated alkanes) is 2. The molecule has 0 amide bonds. The van der Waals surface area contributed by atoms with Crippen LogP contribution in [0.4, 0.5) is 0 Å². The summed E-state index contributed by atoms with van der Waals surface area (Å²) in [7, 11) is 0. The molecule has 0 saturated heterocycles. The van der Waals surface area contributed by atoms with Gasteiger partial charge in [0.25, 0.3) is 0 Å². The van der Waals surface area contributed by atoms with Crippen LogP contribution in [0.1, 0.15) is 43.9 Å². The van der Waals surface area contributed by atoms with Crippen molar-refractivity contribution < 1.29 is 0 Å². The molecule has 2 rings (SSSR count). The molecule has 2 aromatic rings. The van der Waals surface area contributed by atoms with E-state index in [0.29, 0.717) is 0 Å². The van der Waals surface area contributed by atoms with E-state index in [-0.39, 0.29) is 0 Å². The summed E-state index contributed by atoms with van der Waals surface area (Å²) >= 11 is 0. The van der Waals surface area contributed by atoms with Gasteiger partial charge in [-0.1, -0.05) is 68.3 Å². The maximum absolute atomic E-state index is 4.34.